The molecule has 0 bridgehead atoms. The molecule has 6 heteroatoms. The summed E-state index contributed by atoms with van der Waals surface area (Å²) in [5.41, 5.74) is 1.12. The minimum absolute atomic E-state index is 0.0810. The van der Waals surface area contributed by atoms with Crippen molar-refractivity contribution in [2.24, 2.45) is 5.92 Å². The fourth-order valence-corrected chi connectivity index (χ4v) is 2.72. The van der Waals surface area contributed by atoms with Gasteiger partial charge in [0, 0.05) is 51.1 Å². The zero-order chi connectivity index (χ0) is 15.9. The molecule has 0 fully saturated rings. The highest BCUT2D eigenvalue weighted by Gasteiger charge is 2.17. The Hall–Kier alpha value is -2.34. The Bertz CT molecular complexity index is 625. The van der Waals surface area contributed by atoms with Crippen LogP contribution < -0.4 is 16.0 Å². The van der Waals surface area contributed by atoms with Crippen molar-refractivity contribution in [3.63, 3.8) is 0 Å². The van der Waals surface area contributed by atoms with Gasteiger partial charge in [-0.25, -0.2) is 4.68 Å². The van der Waals surface area contributed by atoms with Crippen molar-refractivity contribution in [2.75, 3.05) is 25.0 Å². The summed E-state index contributed by atoms with van der Waals surface area (Å²) in [5.74, 6) is 1.66. The number of anilines is 1. The van der Waals surface area contributed by atoms with Crippen molar-refractivity contribution < 1.29 is 4.79 Å². The fourth-order valence-electron chi connectivity index (χ4n) is 2.72. The molecule has 2 heterocycles. The summed E-state index contributed by atoms with van der Waals surface area (Å²) < 4.78 is 1.99. The molecule has 1 atom stereocenters. The van der Waals surface area contributed by atoms with Gasteiger partial charge < -0.3 is 16.0 Å². The number of amides is 1. The van der Waals surface area contributed by atoms with Gasteiger partial charge in [-0.2, -0.15) is 5.10 Å². The van der Waals surface area contributed by atoms with Crippen LogP contribution in [0.4, 0.5) is 5.82 Å². The van der Waals surface area contributed by atoms with Crippen LogP contribution in [0.1, 0.15) is 12.0 Å². The first-order valence-electron chi connectivity index (χ1n) is 8.08. The lowest BCUT2D eigenvalue weighted by atomic mass is 10.1. The van der Waals surface area contributed by atoms with Crippen LogP contribution in [0.15, 0.2) is 42.6 Å². The molecule has 3 rings (SSSR count). The molecule has 0 saturated heterocycles. The van der Waals surface area contributed by atoms with Gasteiger partial charge in [0.25, 0.3) is 0 Å². The van der Waals surface area contributed by atoms with Gasteiger partial charge in [-0.3, -0.25) is 4.79 Å². The van der Waals surface area contributed by atoms with Crippen LogP contribution in [0.3, 0.4) is 0 Å². The lowest BCUT2D eigenvalue weighted by Crippen LogP contribution is -2.36. The van der Waals surface area contributed by atoms with Crippen LogP contribution in [0, 0.1) is 5.92 Å². The monoisotopic (exact) mass is 313 g/mol. The van der Waals surface area contributed by atoms with Gasteiger partial charge in [0.1, 0.15) is 5.82 Å². The summed E-state index contributed by atoms with van der Waals surface area (Å²) in [6.07, 6.45) is 2.31. The maximum absolute atomic E-state index is 11.8. The fraction of sp³-hybridized carbons (Fsp3) is 0.412. The van der Waals surface area contributed by atoms with Crippen LogP contribution >= 0.6 is 0 Å². The van der Waals surface area contributed by atoms with Crippen LogP contribution in [0.25, 0.3) is 0 Å². The van der Waals surface area contributed by atoms with E-state index in [2.05, 4.69) is 21.0 Å². The first kappa shape index (κ1) is 15.6. The second kappa shape index (κ2) is 7.78. The third-order valence-electron chi connectivity index (χ3n) is 4.01. The zero-order valence-electron chi connectivity index (χ0n) is 13.2. The number of nitrogens with zero attached hydrogens (tertiary/aromatic N) is 2. The molecule has 0 aliphatic carbocycles. The predicted octanol–water partition coefficient (Wildman–Crippen LogP) is 1.22. The van der Waals surface area contributed by atoms with E-state index in [1.165, 1.54) is 0 Å². The molecular formula is C17H23N5O. The van der Waals surface area contributed by atoms with E-state index >= 15 is 0 Å². The van der Waals surface area contributed by atoms with Crippen molar-refractivity contribution in [3.8, 4) is 0 Å². The Labute approximate surface area is 136 Å². The van der Waals surface area contributed by atoms with Gasteiger partial charge in [0.2, 0.25) is 5.91 Å². The normalized spacial score (nSPS) is 16.4. The molecule has 1 aliphatic rings. The largest absolute Gasteiger partial charge is 0.370 e. The Morgan fingerprint density at radius 1 is 1.30 bits per heavy atom. The number of hydrogen-bond acceptors (Lipinski definition) is 4. The summed E-state index contributed by atoms with van der Waals surface area (Å²) in [4.78, 5) is 11.8. The SMILES string of the molecule is O=C(CCNCC1CNc2ccnn2C1)NCc1ccccc1. The molecule has 1 aliphatic heterocycles. The Kier molecular flexibility index (Phi) is 5.26. The molecular weight excluding hydrogens is 290 g/mol. The number of carbonyl (C=O) groups is 1. The van der Waals surface area contributed by atoms with Crippen LogP contribution in [0.5, 0.6) is 0 Å². The van der Waals surface area contributed by atoms with Gasteiger partial charge >= 0.3 is 0 Å². The molecule has 0 spiro atoms. The van der Waals surface area contributed by atoms with E-state index in [4.69, 9.17) is 0 Å². The van der Waals surface area contributed by atoms with Gasteiger partial charge in [-0.15, -0.1) is 0 Å². The molecule has 23 heavy (non-hydrogen) atoms. The van der Waals surface area contributed by atoms with Crippen LogP contribution in [-0.2, 0) is 17.9 Å². The number of carbonyl (C=O) groups excluding carboxylic acids is 1. The predicted molar refractivity (Wildman–Crippen MR) is 90.0 cm³/mol. The molecule has 1 amide bonds. The first-order chi connectivity index (χ1) is 11.3. The molecule has 1 aromatic carbocycles. The number of fused-ring (bicyclic) bond motifs is 1. The van der Waals surface area contributed by atoms with Crippen molar-refractivity contribution >= 4 is 11.7 Å². The summed E-state index contributed by atoms with van der Waals surface area (Å²) in [6.45, 7) is 4.04. The van der Waals surface area contributed by atoms with Gasteiger partial charge in [0.05, 0.1) is 6.20 Å². The maximum atomic E-state index is 11.8. The van der Waals surface area contributed by atoms with Gasteiger partial charge in [0.15, 0.2) is 0 Å². The topological polar surface area (TPSA) is 71.0 Å². The molecule has 0 radical (unpaired) electrons. The minimum Gasteiger partial charge on any atom is -0.370 e. The number of nitrogens with one attached hydrogen (secondary N) is 3. The van der Waals surface area contributed by atoms with Gasteiger partial charge in [-0.05, 0) is 5.56 Å². The third kappa shape index (κ3) is 4.56. The molecule has 2 aromatic rings. The minimum atomic E-state index is 0.0810. The number of aromatic nitrogens is 2. The standard InChI is InChI=1S/C17H23N5O/c23-17(20-11-14-4-2-1-3-5-14)7-8-18-10-15-12-19-16-6-9-21-22(16)13-15/h1-6,9,15,18-19H,7-8,10-13H2,(H,20,23). The highest BCUT2D eigenvalue weighted by atomic mass is 16.1. The average molecular weight is 313 g/mol. The quantitative estimate of drug-likeness (QED) is 0.672. The Morgan fingerprint density at radius 3 is 3.04 bits per heavy atom. The van der Waals surface area contributed by atoms with Crippen molar-refractivity contribution in [2.45, 2.75) is 19.5 Å². The molecule has 3 N–H and O–H groups in total. The van der Waals surface area contributed by atoms with Crippen LogP contribution in [-0.4, -0.2) is 35.3 Å². The number of hydrogen-bond donors (Lipinski definition) is 3. The summed E-state index contributed by atoms with van der Waals surface area (Å²) >= 11 is 0. The van der Waals surface area contributed by atoms with E-state index in [1.807, 2.05) is 47.3 Å². The highest BCUT2D eigenvalue weighted by Crippen LogP contribution is 2.15. The summed E-state index contributed by atoms with van der Waals surface area (Å²) in [6, 6.07) is 11.9. The lowest BCUT2D eigenvalue weighted by molar-refractivity contribution is -0.121. The highest BCUT2D eigenvalue weighted by molar-refractivity contribution is 5.76. The first-order valence-corrected chi connectivity index (χ1v) is 8.08. The third-order valence-corrected chi connectivity index (χ3v) is 4.01. The van der Waals surface area contributed by atoms with Crippen molar-refractivity contribution in [1.29, 1.82) is 0 Å². The summed E-state index contributed by atoms with van der Waals surface area (Å²) in [7, 11) is 0. The van der Waals surface area contributed by atoms with E-state index in [9.17, 15) is 4.79 Å². The molecule has 0 saturated carbocycles. The second-order valence-corrected chi connectivity index (χ2v) is 5.86. The molecule has 6 nitrogen and oxygen atoms in total. The van der Waals surface area contributed by atoms with E-state index in [0.717, 1.165) is 31.0 Å². The maximum Gasteiger partial charge on any atom is 0.221 e. The smallest absolute Gasteiger partial charge is 0.221 e. The van der Waals surface area contributed by atoms with Crippen molar-refractivity contribution in [1.82, 2.24) is 20.4 Å². The Balaban J connectivity index is 1.29. The second-order valence-electron chi connectivity index (χ2n) is 5.86. The summed E-state index contributed by atoms with van der Waals surface area (Å²) in [5, 5.41) is 13.9. The van der Waals surface area contributed by atoms with E-state index in [-0.39, 0.29) is 5.91 Å². The molecule has 122 valence electrons. The molecule has 1 unspecified atom stereocenters. The zero-order valence-corrected chi connectivity index (χ0v) is 13.2. The van der Waals surface area contributed by atoms with E-state index in [0.29, 0.717) is 25.4 Å². The Morgan fingerprint density at radius 2 is 2.17 bits per heavy atom. The van der Waals surface area contributed by atoms with Gasteiger partial charge in [-0.1, -0.05) is 30.3 Å². The lowest BCUT2D eigenvalue weighted by Gasteiger charge is -2.25. The number of benzene rings is 1. The van der Waals surface area contributed by atoms with Crippen LogP contribution in [0.2, 0.25) is 0 Å². The number of rotatable bonds is 7. The van der Waals surface area contributed by atoms with Crippen molar-refractivity contribution in [3.05, 3.63) is 48.2 Å². The molecule has 1 aromatic heterocycles. The van der Waals surface area contributed by atoms with E-state index < -0.39 is 0 Å². The average Bonchev–Trinajstić information content (AvgIpc) is 3.05. The van der Waals surface area contributed by atoms with E-state index in [1.54, 1.807) is 0 Å².